The summed E-state index contributed by atoms with van der Waals surface area (Å²) in [5.74, 6) is -2.07. The molecular formula is C20H28O6. The minimum Gasteiger partial charge on any atom is -0.425 e. The first-order valence-corrected chi connectivity index (χ1v) is 9.77. The Morgan fingerprint density at radius 1 is 1.12 bits per heavy atom. The monoisotopic (exact) mass is 364 g/mol. The minimum absolute atomic E-state index is 0.0466. The van der Waals surface area contributed by atoms with Crippen molar-refractivity contribution < 1.29 is 29.6 Å². The fraction of sp³-hybridized carbons (Fsp3) is 0.850. The van der Waals surface area contributed by atoms with Gasteiger partial charge in [0.05, 0.1) is 12.5 Å². The van der Waals surface area contributed by atoms with Gasteiger partial charge in [-0.25, -0.2) is 0 Å². The Morgan fingerprint density at radius 2 is 1.85 bits per heavy atom. The summed E-state index contributed by atoms with van der Waals surface area (Å²) in [6, 6.07) is 0. The molecule has 1 saturated heterocycles. The van der Waals surface area contributed by atoms with E-state index in [0.717, 1.165) is 19.3 Å². The predicted molar refractivity (Wildman–Crippen MR) is 90.5 cm³/mol. The molecule has 5 aliphatic rings. The lowest BCUT2D eigenvalue weighted by Gasteiger charge is -2.62. The van der Waals surface area contributed by atoms with E-state index in [-0.39, 0.29) is 41.3 Å². The van der Waals surface area contributed by atoms with Crippen molar-refractivity contribution in [2.75, 3.05) is 0 Å². The average Bonchev–Trinajstić information content (AvgIpc) is 3.08. The summed E-state index contributed by atoms with van der Waals surface area (Å²) >= 11 is 0. The molecule has 6 heteroatoms. The smallest absolute Gasteiger partial charge is 0.315 e. The largest absolute Gasteiger partial charge is 0.425 e. The number of carbonyl (C=O) groups excluding carboxylic acids is 1. The first-order chi connectivity index (χ1) is 12.0. The van der Waals surface area contributed by atoms with Crippen molar-refractivity contribution in [2.24, 2.45) is 22.7 Å². The van der Waals surface area contributed by atoms with Gasteiger partial charge in [0.2, 0.25) is 5.79 Å². The molecule has 2 aliphatic carbocycles. The van der Waals surface area contributed by atoms with Gasteiger partial charge in [-0.2, -0.15) is 0 Å². The third-order valence-electron chi connectivity index (χ3n) is 8.38. The predicted octanol–water partition coefficient (Wildman–Crippen LogP) is 1.62. The second-order valence-corrected chi connectivity index (χ2v) is 10.1. The summed E-state index contributed by atoms with van der Waals surface area (Å²) in [5, 5.41) is 33.6. The zero-order valence-corrected chi connectivity index (χ0v) is 15.6. The summed E-state index contributed by atoms with van der Waals surface area (Å²) < 4.78 is 11.3. The van der Waals surface area contributed by atoms with Crippen LogP contribution in [-0.4, -0.2) is 44.9 Å². The quantitative estimate of drug-likeness (QED) is 0.565. The Bertz CT molecular complexity index is 728. The van der Waals surface area contributed by atoms with Gasteiger partial charge in [0.15, 0.2) is 5.76 Å². The highest BCUT2D eigenvalue weighted by Crippen LogP contribution is 2.70. The molecule has 5 rings (SSSR count). The maximum atomic E-state index is 11.8. The van der Waals surface area contributed by atoms with Crippen LogP contribution < -0.4 is 0 Å². The summed E-state index contributed by atoms with van der Waals surface area (Å²) in [7, 11) is 0. The number of ether oxygens (including phenoxy) is 2. The van der Waals surface area contributed by atoms with Gasteiger partial charge < -0.3 is 24.8 Å². The number of rotatable bonds is 0. The molecule has 0 aromatic carbocycles. The van der Waals surface area contributed by atoms with Crippen LogP contribution in [0.1, 0.15) is 59.3 Å². The number of aliphatic hydroxyl groups excluding tert-OH is 2. The number of aliphatic hydroxyl groups is 3. The molecule has 26 heavy (non-hydrogen) atoms. The van der Waals surface area contributed by atoms with Crippen molar-refractivity contribution in [3.8, 4) is 0 Å². The van der Waals surface area contributed by atoms with Gasteiger partial charge >= 0.3 is 5.97 Å². The van der Waals surface area contributed by atoms with Crippen molar-refractivity contribution in [1.82, 2.24) is 0 Å². The molecule has 0 aromatic heterocycles. The number of esters is 1. The van der Waals surface area contributed by atoms with Crippen LogP contribution in [0.4, 0.5) is 0 Å². The van der Waals surface area contributed by atoms with E-state index in [1.165, 1.54) is 0 Å². The van der Waals surface area contributed by atoms with Crippen molar-refractivity contribution in [3.05, 3.63) is 11.3 Å². The highest BCUT2D eigenvalue weighted by molar-refractivity contribution is 5.78. The summed E-state index contributed by atoms with van der Waals surface area (Å²) in [6.45, 7) is 6.74. The molecule has 2 saturated carbocycles. The molecule has 7 atom stereocenters. The van der Waals surface area contributed by atoms with Crippen LogP contribution >= 0.6 is 0 Å². The standard InChI is InChI=1S/C20H28O6/c1-17(2)5-4-6-18(3)11(17)8-13(21)20-12(18)9-19(24,26-20)16-10(15(20)23)7-14(22)25-16/h11-13,15,21,23-24H,4-9H2,1-3H3. The lowest BCUT2D eigenvalue weighted by atomic mass is 9.44. The van der Waals surface area contributed by atoms with Gasteiger partial charge in [-0.3, -0.25) is 4.79 Å². The van der Waals surface area contributed by atoms with Gasteiger partial charge in [-0.05, 0) is 36.0 Å². The van der Waals surface area contributed by atoms with Gasteiger partial charge in [-0.1, -0.05) is 27.2 Å². The van der Waals surface area contributed by atoms with E-state index >= 15 is 0 Å². The van der Waals surface area contributed by atoms with E-state index in [4.69, 9.17) is 9.47 Å². The third-order valence-corrected chi connectivity index (χ3v) is 8.38. The lowest BCUT2D eigenvalue weighted by Crippen LogP contribution is -2.68. The zero-order chi connectivity index (χ0) is 18.7. The topological polar surface area (TPSA) is 96.2 Å². The number of hydrogen-bond acceptors (Lipinski definition) is 6. The van der Waals surface area contributed by atoms with Crippen LogP contribution in [0, 0.1) is 22.7 Å². The highest BCUT2D eigenvalue weighted by Gasteiger charge is 2.76. The SMILES string of the molecule is CC1(C)CCCC2(C)C1CC(O)C13OC(O)(CC21)C1=C(CC(=O)O1)C3O. The zero-order valence-electron chi connectivity index (χ0n) is 15.6. The first-order valence-electron chi connectivity index (χ1n) is 9.77. The normalized spacial score (nSPS) is 54.5. The van der Waals surface area contributed by atoms with Gasteiger partial charge in [0, 0.05) is 17.9 Å². The second kappa shape index (κ2) is 4.72. The molecule has 0 radical (unpaired) electrons. The fourth-order valence-corrected chi connectivity index (χ4v) is 7.31. The Hall–Kier alpha value is -0.950. The molecule has 7 unspecified atom stereocenters. The second-order valence-electron chi connectivity index (χ2n) is 10.1. The van der Waals surface area contributed by atoms with Crippen LogP contribution in [0.2, 0.25) is 0 Å². The van der Waals surface area contributed by atoms with Crippen molar-refractivity contribution in [1.29, 1.82) is 0 Å². The molecule has 3 fully saturated rings. The summed E-state index contributed by atoms with van der Waals surface area (Å²) in [5.41, 5.74) is -0.943. The van der Waals surface area contributed by atoms with E-state index < -0.39 is 29.6 Å². The molecule has 3 heterocycles. The molecule has 2 bridgehead atoms. The molecular weight excluding hydrogens is 336 g/mol. The van der Waals surface area contributed by atoms with Crippen LogP contribution in [0.15, 0.2) is 11.3 Å². The lowest BCUT2D eigenvalue weighted by molar-refractivity contribution is -0.299. The molecule has 0 amide bonds. The van der Waals surface area contributed by atoms with E-state index in [0.29, 0.717) is 12.0 Å². The maximum Gasteiger partial charge on any atom is 0.315 e. The Kier molecular flexibility index (Phi) is 3.11. The van der Waals surface area contributed by atoms with Crippen LogP contribution in [0.5, 0.6) is 0 Å². The average molecular weight is 364 g/mol. The van der Waals surface area contributed by atoms with Crippen molar-refractivity contribution in [3.63, 3.8) is 0 Å². The van der Waals surface area contributed by atoms with E-state index in [1.807, 2.05) is 0 Å². The molecule has 144 valence electrons. The third kappa shape index (κ3) is 1.75. The van der Waals surface area contributed by atoms with Crippen LogP contribution in [0.3, 0.4) is 0 Å². The Morgan fingerprint density at radius 3 is 2.58 bits per heavy atom. The molecule has 3 aliphatic heterocycles. The molecule has 1 spiro atoms. The Labute approximate surface area is 153 Å². The molecule has 3 N–H and O–H groups in total. The van der Waals surface area contributed by atoms with Gasteiger partial charge in [0.25, 0.3) is 0 Å². The highest BCUT2D eigenvalue weighted by atomic mass is 16.7. The number of carbonyl (C=O) groups is 1. The number of fused-ring (bicyclic) bond motifs is 4. The van der Waals surface area contributed by atoms with Crippen molar-refractivity contribution in [2.45, 2.75) is 82.9 Å². The van der Waals surface area contributed by atoms with Crippen molar-refractivity contribution >= 4 is 5.97 Å². The van der Waals surface area contributed by atoms with Crippen LogP contribution in [0.25, 0.3) is 0 Å². The van der Waals surface area contributed by atoms with Gasteiger partial charge in [0.1, 0.15) is 11.7 Å². The fourth-order valence-electron chi connectivity index (χ4n) is 7.31. The molecule has 0 aromatic rings. The summed E-state index contributed by atoms with van der Waals surface area (Å²) in [4.78, 5) is 11.8. The van der Waals surface area contributed by atoms with E-state index in [1.54, 1.807) is 0 Å². The minimum atomic E-state index is -1.73. The Balaban J connectivity index is 1.66. The molecule has 6 nitrogen and oxygen atoms in total. The first kappa shape index (κ1) is 17.2. The van der Waals surface area contributed by atoms with Crippen LogP contribution in [-0.2, 0) is 14.3 Å². The number of hydrogen-bond donors (Lipinski definition) is 3. The summed E-state index contributed by atoms with van der Waals surface area (Å²) in [6.07, 6.45) is 1.89. The van der Waals surface area contributed by atoms with Gasteiger partial charge in [-0.15, -0.1) is 0 Å². The maximum absolute atomic E-state index is 11.8. The van der Waals surface area contributed by atoms with E-state index in [2.05, 4.69) is 20.8 Å². The van der Waals surface area contributed by atoms with E-state index in [9.17, 15) is 20.1 Å².